The molecule has 0 bridgehead atoms. The molecule has 0 saturated carbocycles. The van der Waals surface area contributed by atoms with Crippen LogP contribution in [0.3, 0.4) is 0 Å². The fourth-order valence-electron chi connectivity index (χ4n) is 5.00. The fourth-order valence-corrected chi connectivity index (χ4v) is 5.42. The van der Waals surface area contributed by atoms with Crippen LogP contribution in [0.25, 0.3) is 0 Å². The quantitative estimate of drug-likeness (QED) is 0.139. The molecule has 2 unspecified atom stereocenters. The molecule has 0 spiro atoms. The first-order valence-electron chi connectivity index (χ1n) is 13.2. The maximum atomic E-state index is 11.1. The van der Waals surface area contributed by atoms with E-state index in [9.17, 15) is 8.42 Å². The minimum absolute atomic E-state index is 0.192. The third kappa shape index (κ3) is 8.86. The summed E-state index contributed by atoms with van der Waals surface area (Å²) in [7, 11) is -0.138. The molecule has 2 atom stereocenters. The number of benzene rings is 2. The number of hydrogen-bond acceptors (Lipinski definition) is 8. The molecule has 2 aromatic rings. The van der Waals surface area contributed by atoms with Crippen molar-refractivity contribution in [3.05, 3.63) is 53.6 Å². The highest BCUT2D eigenvalue weighted by atomic mass is 32.2. The van der Waals surface area contributed by atoms with E-state index in [2.05, 4.69) is 25.1 Å². The van der Waals surface area contributed by atoms with Crippen LogP contribution in [0.5, 0.6) is 17.2 Å². The number of unbranched alkanes of at least 4 members (excludes halogenated alkanes) is 5. The summed E-state index contributed by atoms with van der Waals surface area (Å²) in [5, 5.41) is 0. The van der Waals surface area contributed by atoms with Crippen molar-refractivity contribution in [2.24, 2.45) is 0 Å². The first kappa shape index (κ1) is 30.2. The van der Waals surface area contributed by atoms with Gasteiger partial charge in [0.05, 0.1) is 19.5 Å². The lowest BCUT2D eigenvalue weighted by Gasteiger charge is -2.43. The molecule has 1 aliphatic heterocycles. The van der Waals surface area contributed by atoms with Gasteiger partial charge >= 0.3 is 0 Å². The average molecular weight is 551 g/mol. The van der Waals surface area contributed by atoms with E-state index in [-0.39, 0.29) is 31.5 Å². The number of fused-ring (bicyclic) bond motifs is 1. The zero-order valence-electron chi connectivity index (χ0n) is 23.1. The molecule has 0 aliphatic carbocycles. The fraction of sp³-hybridized carbons (Fsp3) is 0.586. The van der Waals surface area contributed by atoms with Crippen molar-refractivity contribution in [3.8, 4) is 17.2 Å². The lowest BCUT2D eigenvalue weighted by molar-refractivity contribution is 0.0505. The van der Waals surface area contributed by atoms with Crippen LogP contribution in [0.4, 0.5) is 0 Å². The Hall–Kier alpha value is -2.33. The van der Waals surface area contributed by atoms with Crippen molar-refractivity contribution >= 4 is 10.1 Å². The first-order valence-corrected chi connectivity index (χ1v) is 15.0. The van der Waals surface area contributed by atoms with E-state index >= 15 is 0 Å². The molecule has 0 fully saturated rings. The molecule has 2 aromatic carbocycles. The van der Waals surface area contributed by atoms with E-state index in [0.29, 0.717) is 6.61 Å². The highest BCUT2D eigenvalue weighted by Crippen LogP contribution is 2.50. The molecule has 0 N–H and O–H groups in total. The molecular formula is C29H42O8S. The number of rotatable bonds is 17. The summed E-state index contributed by atoms with van der Waals surface area (Å²) in [4.78, 5) is 0. The van der Waals surface area contributed by atoms with Gasteiger partial charge in [0.15, 0.2) is 13.6 Å². The zero-order chi connectivity index (χ0) is 27.4. The molecule has 9 heteroatoms. The van der Waals surface area contributed by atoms with Crippen LogP contribution in [0.15, 0.2) is 42.5 Å². The van der Waals surface area contributed by atoms with Gasteiger partial charge in [0.25, 0.3) is 10.1 Å². The number of methoxy groups -OCH3 is 2. The maximum Gasteiger partial charge on any atom is 0.264 e. The second kappa shape index (κ2) is 14.7. The predicted octanol–water partition coefficient (Wildman–Crippen LogP) is 5.79. The highest BCUT2D eigenvalue weighted by Gasteiger charge is 2.42. The standard InChI is InChI=1S/C29H42O8S/c1-29(23-12-14-24(15-13-23)35-21-32-2)20-34-28-19-25(36-22-33-3)16-17-26(28)27(29)11-9-7-5-6-8-10-18-37-38(4,30)31/h12-17,19,27H,5-11,18,20-22H2,1-4H3. The molecule has 0 radical (unpaired) electrons. The number of hydrogen-bond donors (Lipinski definition) is 0. The third-order valence-corrected chi connectivity index (χ3v) is 7.64. The molecule has 8 nitrogen and oxygen atoms in total. The Morgan fingerprint density at radius 3 is 2.13 bits per heavy atom. The summed E-state index contributed by atoms with van der Waals surface area (Å²) in [6.07, 6.45) is 8.24. The van der Waals surface area contributed by atoms with Crippen LogP contribution in [-0.2, 0) is 29.2 Å². The van der Waals surface area contributed by atoms with Gasteiger partial charge in [-0.05, 0) is 42.2 Å². The second-order valence-corrected chi connectivity index (χ2v) is 11.7. The van der Waals surface area contributed by atoms with Gasteiger partial charge in [-0.15, -0.1) is 0 Å². The van der Waals surface area contributed by atoms with Crippen LogP contribution < -0.4 is 14.2 Å². The molecule has 0 amide bonds. The Kier molecular flexibility index (Phi) is 11.7. The Bertz CT molecular complexity index is 1090. The molecule has 212 valence electrons. The summed E-state index contributed by atoms with van der Waals surface area (Å²) in [5.74, 6) is 2.64. The van der Waals surface area contributed by atoms with E-state index in [4.69, 9.17) is 27.9 Å². The van der Waals surface area contributed by atoms with E-state index in [0.717, 1.165) is 68.5 Å². The molecule has 38 heavy (non-hydrogen) atoms. The van der Waals surface area contributed by atoms with Crippen molar-refractivity contribution < 1.29 is 36.3 Å². The zero-order valence-corrected chi connectivity index (χ0v) is 23.9. The predicted molar refractivity (Wildman–Crippen MR) is 147 cm³/mol. The van der Waals surface area contributed by atoms with E-state index in [1.165, 1.54) is 11.1 Å². The summed E-state index contributed by atoms with van der Waals surface area (Å²) in [6, 6.07) is 14.3. The van der Waals surface area contributed by atoms with Crippen LogP contribution in [-0.4, -0.2) is 55.7 Å². The van der Waals surface area contributed by atoms with Crippen molar-refractivity contribution in [1.29, 1.82) is 0 Å². The lowest BCUT2D eigenvalue weighted by atomic mass is 9.66. The van der Waals surface area contributed by atoms with Crippen LogP contribution in [0.2, 0.25) is 0 Å². The lowest BCUT2D eigenvalue weighted by Crippen LogP contribution is -2.40. The number of ether oxygens (including phenoxy) is 5. The smallest absolute Gasteiger partial charge is 0.264 e. The summed E-state index contributed by atoms with van der Waals surface area (Å²) in [6.45, 7) is 3.52. The van der Waals surface area contributed by atoms with Crippen molar-refractivity contribution in [2.75, 3.05) is 47.3 Å². The van der Waals surface area contributed by atoms with Gasteiger partial charge < -0.3 is 23.7 Å². The Morgan fingerprint density at radius 2 is 1.47 bits per heavy atom. The van der Waals surface area contributed by atoms with Crippen molar-refractivity contribution in [1.82, 2.24) is 0 Å². The molecule has 3 rings (SSSR count). The average Bonchev–Trinajstić information content (AvgIpc) is 2.90. The minimum Gasteiger partial charge on any atom is -0.492 e. The van der Waals surface area contributed by atoms with Gasteiger partial charge in [-0.25, -0.2) is 0 Å². The van der Waals surface area contributed by atoms with Crippen LogP contribution >= 0.6 is 0 Å². The second-order valence-electron chi connectivity index (χ2n) is 10.0. The van der Waals surface area contributed by atoms with Gasteiger partial charge in [0.1, 0.15) is 17.2 Å². The Morgan fingerprint density at radius 1 is 0.868 bits per heavy atom. The van der Waals surface area contributed by atoms with E-state index in [1.807, 2.05) is 24.3 Å². The Labute approximate surface area is 227 Å². The maximum absolute atomic E-state index is 11.1. The van der Waals surface area contributed by atoms with Crippen molar-refractivity contribution in [2.45, 2.75) is 63.2 Å². The van der Waals surface area contributed by atoms with Crippen LogP contribution in [0, 0.1) is 0 Å². The molecular weight excluding hydrogens is 508 g/mol. The SMILES string of the molecule is COCOc1ccc(C2(C)COc3cc(OCOC)ccc3C2CCCCCCCCOS(C)(=O)=O)cc1. The van der Waals surface area contributed by atoms with Gasteiger partial charge in [0, 0.05) is 31.6 Å². The highest BCUT2D eigenvalue weighted by molar-refractivity contribution is 7.85. The normalized spacial score (nSPS) is 19.0. The van der Waals surface area contributed by atoms with Gasteiger partial charge in [0.2, 0.25) is 0 Å². The van der Waals surface area contributed by atoms with Gasteiger partial charge in [-0.3, -0.25) is 4.18 Å². The van der Waals surface area contributed by atoms with Gasteiger partial charge in [-0.2, -0.15) is 8.42 Å². The first-order chi connectivity index (χ1) is 18.3. The van der Waals surface area contributed by atoms with Crippen LogP contribution in [0.1, 0.15) is 68.9 Å². The molecule has 0 saturated heterocycles. The monoisotopic (exact) mass is 550 g/mol. The summed E-state index contributed by atoms with van der Waals surface area (Å²) >= 11 is 0. The van der Waals surface area contributed by atoms with Crippen molar-refractivity contribution in [3.63, 3.8) is 0 Å². The van der Waals surface area contributed by atoms with E-state index in [1.54, 1.807) is 14.2 Å². The van der Waals surface area contributed by atoms with E-state index < -0.39 is 10.1 Å². The summed E-state index contributed by atoms with van der Waals surface area (Å²) in [5.41, 5.74) is 2.20. The third-order valence-electron chi connectivity index (χ3n) is 7.04. The topological polar surface area (TPSA) is 89.5 Å². The molecule has 1 aliphatic rings. The largest absolute Gasteiger partial charge is 0.492 e. The minimum atomic E-state index is -3.35. The molecule has 0 aromatic heterocycles. The molecule has 1 heterocycles. The summed E-state index contributed by atoms with van der Waals surface area (Å²) < 4.78 is 54.6. The Balaban J connectivity index is 1.66. The van der Waals surface area contributed by atoms with Gasteiger partial charge in [-0.1, -0.05) is 57.2 Å².